The van der Waals surface area contributed by atoms with E-state index in [-0.39, 0.29) is 5.75 Å². The van der Waals surface area contributed by atoms with E-state index in [1.165, 1.54) is 24.1 Å². The van der Waals surface area contributed by atoms with Crippen molar-refractivity contribution in [3.05, 3.63) is 71.8 Å². The maximum atomic E-state index is 11.3. The second-order valence-electron chi connectivity index (χ2n) is 7.57. The van der Waals surface area contributed by atoms with E-state index in [1.807, 2.05) is 12.1 Å². The van der Waals surface area contributed by atoms with Crippen molar-refractivity contribution in [2.45, 2.75) is 19.4 Å². The molecule has 2 N–H and O–H groups in total. The van der Waals surface area contributed by atoms with Crippen LogP contribution in [0.4, 0.5) is 5.69 Å². The largest absolute Gasteiger partial charge is 0.507 e. The highest BCUT2D eigenvalue weighted by molar-refractivity contribution is 6.01. The summed E-state index contributed by atoms with van der Waals surface area (Å²) in [7, 11) is 0. The van der Waals surface area contributed by atoms with E-state index in [0.29, 0.717) is 11.5 Å². The lowest BCUT2D eigenvalue weighted by Crippen LogP contribution is -2.37. The number of nitrogens with one attached hydrogen (secondary N) is 1. The molecule has 1 saturated heterocycles. The molecule has 1 heterocycles. The summed E-state index contributed by atoms with van der Waals surface area (Å²) in [6.45, 7) is 4.07. The first-order valence-corrected chi connectivity index (χ1v) is 9.95. The average Bonchev–Trinajstić information content (AvgIpc) is 2.75. The topological polar surface area (TPSA) is 52.6 Å². The maximum Gasteiger partial charge on any atom is 0.154 e. The molecule has 1 fully saturated rings. The number of anilines is 1. The summed E-state index contributed by atoms with van der Waals surface area (Å²) >= 11 is 0. The summed E-state index contributed by atoms with van der Waals surface area (Å²) in [5.74, 6) is 0.748. The zero-order valence-corrected chi connectivity index (χ0v) is 16.0. The van der Waals surface area contributed by atoms with Crippen LogP contribution in [-0.4, -0.2) is 31.0 Å². The maximum absolute atomic E-state index is 11.3. The van der Waals surface area contributed by atoms with Crippen molar-refractivity contribution in [1.82, 2.24) is 5.32 Å². The van der Waals surface area contributed by atoms with Gasteiger partial charge >= 0.3 is 0 Å². The summed E-state index contributed by atoms with van der Waals surface area (Å²) < 4.78 is 0. The van der Waals surface area contributed by atoms with Crippen molar-refractivity contribution >= 4 is 22.7 Å². The van der Waals surface area contributed by atoms with E-state index in [1.54, 1.807) is 6.07 Å². The highest BCUT2D eigenvalue weighted by Gasteiger charge is 2.19. The molecule has 4 rings (SSSR count). The molecule has 0 amide bonds. The SMILES string of the molecule is O=Cc1c(O)ccc2cc(N3CCC(CNCc4ccccc4)CC3)ccc12. The predicted octanol–water partition coefficient (Wildman–Crippen LogP) is 4.36. The van der Waals surface area contributed by atoms with Crippen LogP contribution in [0.5, 0.6) is 5.75 Å². The van der Waals surface area contributed by atoms with Gasteiger partial charge in [0.1, 0.15) is 5.75 Å². The van der Waals surface area contributed by atoms with Gasteiger partial charge in [-0.25, -0.2) is 0 Å². The quantitative estimate of drug-likeness (QED) is 0.629. The number of rotatable bonds is 6. The molecule has 0 spiro atoms. The highest BCUT2D eigenvalue weighted by Crippen LogP contribution is 2.30. The second-order valence-corrected chi connectivity index (χ2v) is 7.57. The number of piperidine rings is 1. The van der Waals surface area contributed by atoms with Crippen molar-refractivity contribution in [2.75, 3.05) is 24.5 Å². The van der Waals surface area contributed by atoms with E-state index < -0.39 is 0 Å². The Morgan fingerprint density at radius 1 is 1.04 bits per heavy atom. The van der Waals surface area contributed by atoms with Gasteiger partial charge in [0.05, 0.1) is 5.56 Å². The van der Waals surface area contributed by atoms with Gasteiger partial charge in [-0.3, -0.25) is 4.79 Å². The fraction of sp³-hybridized carbons (Fsp3) is 0.292. The Kier molecular flexibility index (Phi) is 5.58. The Morgan fingerprint density at radius 3 is 2.57 bits per heavy atom. The lowest BCUT2D eigenvalue weighted by molar-refractivity contribution is 0.112. The number of hydrogen-bond donors (Lipinski definition) is 2. The van der Waals surface area contributed by atoms with E-state index in [9.17, 15) is 9.90 Å². The average molecular weight is 374 g/mol. The van der Waals surface area contributed by atoms with Gasteiger partial charge in [-0.2, -0.15) is 0 Å². The lowest BCUT2D eigenvalue weighted by atomic mass is 9.95. The van der Waals surface area contributed by atoms with E-state index in [4.69, 9.17) is 0 Å². The highest BCUT2D eigenvalue weighted by atomic mass is 16.3. The van der Waals surface area contributed by atoms with Gasteiger partial charge < -0.3 is 15.3 Å². The van der Waals surface area contributed by atoms with Crippen molar-refractivity contribution < 1.29 is 9.90 Å². The number of phenols is 1. The molecular formula is C24H26N2O2. The van der Waals surface area contributed by atoms with Crippen LogP contribution in [0.3, 0.4) is 0 Å². The number of aromatic hydroxyl groups is 1. The van der Waals surface area contributed by atoms with Crippen LogP contribution < -0.4 is 10.2 Å². The monoisotopic (exact) mass is 374 g/mol. The summed E-state index contributed by atoms with van der Waals surface area (Å²) in [6.07, 6.45) is 3.08. The summed E-state index contributed by atoms with van der Waals surface area (Å²) in [6, 6.07) is 20.1. The Hall–Kier alpha value is -2.85. The zero-order valence-electron chi connectivity index (χ0n) is 16.0. The molecule has 0 radical (unpaired) electrons. The molecule has 0 bridgehead atoms. The zero-order chi connectivity index (χ0) is 19.3. The van der Waals surface area contributed by atoms with Crippen LogP contribution in [0, 0.1) is 5.92 Å². The Morgan fingerprint density at radius 2 is 1.82 bits per heavy atom. The molecule has 0 atom stereocenters. The van der Waals surface area contributed by atoms with Crippen LogP contribution >= 0.6 is 0 Å². The molecule has 4 nitrogen and oxygen atoms in total. The Balaban J connectivity index is 1.34. The molecule has 4 heteroatoms. The van der Waals surface area contributed by atoms with Crippen LogP contribution in [-0.2, 0) is 6.54 Å². The number of aldehydes is 1. The van der Waals surface area contributed by atoms with E-state index in [2.05, 4.69) is 52.7 Å². The molecule has 3 aromatic rings. The third kappa shape index (κ3) is 4.02. The van der Waals surface area contributed by atoms with E-state index in [0.717, 1.165) is 43.2 Å². The van der Waals surface area contributed by atoms with Crippen LogP contribution in [0.1, 0.15) is 28.8 Å². The standard InChI is InChI=1S/C24H26N2O2/c27-17-23-22-8-7-21(14-20(22)6-9-24(23)28)26-12-10-19(11-13-26)16-25-15-18-4-2-1-3-5-18/h1-9,14,17,19,25,28H,10-13,15-16H2. The molecule has 1 aliphatic rings. The first-order chi connectivity index (χ1) is 13.7. The molecule has 0 unspecified atom stereocenters. The van der Waals surface area contributed by atoms with Crippen molar-refractivity contribution in [3.8, 4) is 5.75 Å². The van der Waals surface area contributed by atoms with Crippen molar-refractivity contribution in [2.24, 2.45) is 5.92 Å². The van der Waals surface area contributed by atoms with Crippen LogP contribution in [0.25, 0.3) is 10.8 Å². The molecule has 0 aromatic heterocycles. The second kappa shape index (κ2) is 8.44. The molecule has 0 aliphatic carbocycles. The first kappa shape index (κ1) is 18.5. The van der Waals surface area contributed by atoms with Gasteiger partial charge in [0.15, 0.2) is 6.29 Å². The van der Waals surface area contributed by atoms with Crippen molar-refractivity contribution in [3.63, 3.8) is 0 Å². The van der Waals surface area contributed by atoms with Crippen LogP contribution in [0.2, 0.25) is 0 Å². The third-order valence-corrected chi connectivity index (χ3v) is 5.72. The van der Waals surface area contributed by atoms with Gasteiger partial charge in [-0.05, 0) is 59.8 Å². The number of fused-ring (bicyclic) bond motifs is 1. The molecular weight excluding hydrogens is 348 g/mol. The Labute approximate surface area is 165 Å². The van der Waals surface area contributed by atoms with Gasteiger partial charge in [0, 0.05) is 25.3 Å². The minimum Gasteiger partial charge on any atom is -0.507 e. The summed E-state index contributed by atoms with van der Waals surface area (Å²) in [4.78, 5) is 13.7. The van der Waals surface area contributed by atoms with Gasteiger partial charge in [0.2, 0.25) is 0 Å². The van der Waals surface area contributed by atoms with Crippen LogP contribution in [0.15, 0.2) is 60.7 Å². The fourth-order valence-corrected chi connectivity index (χ4v) is 4.06. The molecule has 3 aromatic carbocycles. The van der Waals surface area contributed by atoms with Gasteiger partial charge in [-0.15, -0.1) is 0 Å². The fourth-order valence-electron chi connectivity index (χ4n) is 4.06. The molecule has 28 heavy (non-hydrogen) atoms. The van der Waals surface area contributed by atoms with Gasteiger partial charge in [0.25, 0.3) is 0 Å². The molecule has 1 aliphatic heterocycles. The van der Waals surface area contributed by atoms with E-state index >= 15 is 0 Å². The van der Waals surface area contributed by atoms with Crippen molar-refractivity contribution in [1.29, 1.82) is 0 Å². The summed E-state index contributed by atoms with van der Waals surface area (Å²) in [5.41, 5.74) is 2.88. The molecule has 0 saturated carbocycles. The number of nitrogens with zero attached hydrogens (tertiary/aromatic N) is 1. The van der Waals surface area contributed by atoms with Gasteiger partial charge in [-0.1, -0.05) is 42.5 Å². The number of phenolic OH excluding ortho intramolecular Hbond substituents is 1. The third-order valence-electron chi connectivity index (χ3n) is 5.72. The smallest absolute Gasteiger partial charge is 0.154 e. The summed E-state index contributed by atoms with van der Waals surface area (Å²) in [5, 5.41) is 15.2. The number of carbonyl (C=O) groups is 1. The number of hydrogen-bond acceptors (Lipinski definition) is 4. The minimum absolute atomic E-state index is 0.0408. The molecule has 144 valence electrons. The lowest BCUT2D eigenvalue weighted by Gasteiger charge is -2.34. The normalized spacial score (nSPS) is 15.1. The minimum atomic E-state index is 0.0408. The predicted molar refractivity (Wildman–Crippen MR) is 114 cm³/mol. The number of benzene rings is 3. The number of carbonyl (C=O) groups excluding carboxylic acids is 1. The first-order valence-electron chi connectivity index (χ1n) is 9.95. The Bertz CT molecular complexity index is 947.